The summed E-state index contributed by atoms with van der Waals surface area (Å²) in [6.45, 7) is 6.78. The molecule has 0 aliphatic heterocycles. The Bertz CT molecular complexity index is 704. The molecule has 1 N–H and O–H groups in total. The van der Waals surface area contributed by atoms with E-state index in [0.717, 1.165) is 42.6 Å². The van der Waals surface area contributed by atoms with Crippen LogP contribution in [0.4, 0.5) is 0 Å². The maximum Gasteiger partial charge on any atom is 0.262 e. The molecule has 1 atom stereocenters. The normalized spacial score (nSPS) is 17.7. The quantitative estimate of drug-likeness (QED) is 0.593. The summed E-state index contributed by atoms with van der Waals surface area (Å²) >= 11 is 0. The highest BCUT2D eigenvalue weighted by atomic mass is 16.5. The highest BCUT2D eigenvalue weighted by molar-refractivity contribution is 6.02. The first-order chi connectivity index (χ1) is 13.0. The fraction of sp³-hybridized carbons (Fsp3) is 0.636. The molecule has 1 saturated carbocycles. The van der Waals surface area contributed by atoms with Gasteiger partial charge >= 0.3 is 0 Å². The molecule has 1 aliphatic rings. The van der Waals surface area contributed by atoms with E-state index in [2.05, 4.69) is 22.9 Å². The molecule has 0 bridgehead atoms. The van der Waals surface area contributed by atoms with Crippen molar-refractivity contribution in [3.63, 3.8) is 0 Å². The summed E-state index contributed by atoms with van der Waals surface area (Å²) in [4.78, 5) is 12.7. The monoisotopic (exact) mass is 371 g/mol. The molecule has 1 unspecified atom stereocenters. The zero-order chi connectivity index (χ0) is 19.8. The topological polar surface area (TPSA) is 67.0 Å². The number of nitrogens with zero attached hydrogens (tertiary/aromatic N) is 2. The van der Waals surface area contributed by atoms with Crippen molar-refractivity contribution in [2.45, 2.75) is 77.8 Å². The molecule has 1 aromatic rings. The molecular weight excluding hydrogens is 338 g/mol. The van der Waals surface area contributed by atoms with Crippen LogP contribution in [-0.4, -0.2) is 30.2 Å². The maximum absolute atomic E-state index is 12.7. The summed E-state index contributed by atoms with van der Waals surface area (Å²) in [6.07, 6.45) is 9.79. The highest BCUT2D eigenvalue weighted by Gasteiger charge is 2.19. The number of ether oxygens (including phenoxy) is 1. The Morgan fingerprint density at radius 3 is 2.56 bits per heavy atom. The number of aryl methyl sites for hydroxylation is 1. The van der Waals surface area contributed by atoms with E-state index in [1.54, 1.807) is 13.2 Å². The van der Waals surface area contributed by atoms with E-state index in [4.69, 9.17) is 4.74 Å². The standard InChI is InChI=1S/C22H33N3O2/c1-16-12-19(18(3)25(16)17(2)15-27-4)13-20(14-23)22(26)24-21-10-8-6-5-7-9-11-21/h12-13,17,21H,5-11,15H2,1-4H3,(H,24,26)/b20-13+. The Hall–Kier alpha value is -2.06. The average Bonchev–Trinajstić information content (AvgIpc) is 2.88. The van der Waals surface area contributed by atoms with Crippen molar-refractivity contribution >= 4 is 12.0 Å². The third kappa shape index (κ3) is 5.71. The minimum Gasteiger partial charge on any atom is -0.383 e. The zero-order valence-electron chi connectivity index (χ0n) is 17.2. The molecule has 5 nitrogen and oxygen atoms in total. The number of nitrogens with one attached hydrogen (secondary N) is 1. The fourth-order valence-electron chi connectivity index (χ4n) is 4.11. The smallest absolute Gasteiger partial charge is 0.262 e. The van der Waals surface area contributed by atoms with Crippen LogP contribution in [0.25, 0.3) is 6.08 Å². The lowest BCUT2D eigenvalue weighted by Crippen LogP contribution is -2.35. The fourth-order valence-corrected chi connectivity index (χ4v) is 4.11. The number of carbonyl (C=O) groups is 1. The predicted octanol–water partition coefficient (Wildman–Crippen LogP) is 4.45. The van der Waals surface area contributed by atoms with Crippen molar-refractivity contribution in [1.29, 1.82) is 5.26 Å². The molecule has 27 heavy (non-hydrogen) atoms. The van der Waals surface area contributed by atoms with Gasteiger partial charge in [0.1, 0.15) is 11.6 Å². The molecule has 1 aromatic heterocycles. The van der Waals surface area contributed by atoms with Gasteiger partial charge in [-0.3, -0.25) is 4.79 Å². The largest absolute Gasteiger partial charge is 0.383 e. The average molecular weight is 372 g/mol. The lowest BCUT2D eigenvalue weighted by Gasteiger charge is -2.20. The first-order valence-electron chi connectivity index (χ1n) is 10.1. The maximum atomic E-state index is 12.7. The molecule has 1 aliphatic carbocycles. The third-order valence-corrected chi connectivity index (χ3v) is 5.48. The van der Waals surface area contributed by atoms with Gasteiger partial charge in [-0.25, -0.2) is 0 Å². The molecule has 0 radical (unpaired) electrons. The molecule has 0 spiro atoms. The number of methoxy groups -OCH3 is 1. The van der Waals surface area contributed by atoms with Crippen molar-refractivity contribution in [3.05, 3.63) is 28.6 Å². The summed E-state index contributed by atoms with van der Waals surface area (Å²) in [5.74, 6) is -0.252. The van der Waals surface area contributed by atoms with Crippen LogP contribution in [0, 0.1) is 25.2 Å². The summed E-state index contributed by atoms with van der Waals surface area (Å²) in [5.41, 5.74) is 3.24. The number of hydrogen-bond acceptors (Lipinski definition) is 3. The lowest BCUT2D eigenvalue weighted by atomic mass is 9.96. The summed E-state index contributed by atoms with van der Waals surface area (Å²) < 4.78 is 7.46. The second-order valence-corrected chi connectivity index (χ2v) is 7.69. The van der Waals surface area contributed by atoms with Crippen LogP contribution in [-0.2, 0) is 9.53 Å². The first-order valence-corrected chi connectivity index (χ1v) is 10.1. The van der Waals surface area contributed by atoms with Crippen LogP contribution in [0.1, 0.15) is 74.9 Å². The van der Waals surface area contributed by atoms with E-state index in [1.165, 1.54) is 19.3 Å². The Balaban J connectivity index is 2.16. The molecule has 1 amide bonds. The van der Waals surface area contributed by atoms with E-state index in [1.807, 2.05) is 19.9 Å². The number of hydrogen-bond donors (Lipinski definition) is 1. The van der Waals surface area contributed by atoms with Gasteiger partial charge in [0.2, 0.25) is 0 Å². The Morgan fingerprint density at radius 2 is 1.96 bits per heavy atom. The molecular formula is C22H33N3O2. The molecule has 2 rings (SSSR count). The Morgan fingerprint density at radius 1 is 1.33 bits per heavy atom. The van der Waals surface area contributed by atoms with E-state index < -0.39 is 0 Å². The number of carbonyl (C=O) groups excluding carboxylic acids is 1. The van der Waals surface area contributed by atoms with Crippen LogP contribution in [0.15, 0.2) is 11.6 Å². The first kappa shape index (κ1) is 21.2. The van der Waals surface area contributed by atoms with Crippen LogP contribution < -0.4 is 5.32 Å². The second kappa shape index (κ2) is 10.3. The van der Waals surface area contributed by atoms with Gasteiger partial charge in [0.25, 0.3) is 5.91 Å². The van der Waals surface area contributed by atoms with E-state index in [9.17, 15) is 10.1 Å². The van der Waals surface area contributed by atoms with Crippen molar-refractivity contribution < 1.29 is 9.53 Å². The minimum atomic E-state index is -0.252. The molecule has 148 valence electrons. The van der Waals surface area contributed by atoms with Crippen molar-refractivity contribution in [2.24, 2.45) is 0 Å². The SMILES string of the molecule is COCC(C)n1c(C)cc(/C=C(\C#N)C(=O)NC2CCCCCCC2)c1C. The minimum absolute atomic E-state index is 0.178. The van der Waals surface area contributed by atoms with Crippen LogP contribution in [0.5, 0.6) is 0 Å². The van der Waals surface area contributed by atoms with Crippen LogP contribution in [0.2, 0.25) is 0 Å². The summed E-state index contributed by atoms with van der Waals surface area (Å²) in [7, 11) is 1.69. The summed E-state index contributed by atoms with van der Waals surface area (Å²) in [6, 6.07) is 4.51. The number of nitriles is 1. The highest BCUT2D eigenvalue weighted by Crippen LogP contribution is 2.23. The van der Waals surface area contributed by atoms with Gasteiger partial charge in [0.15, 0.2) is 0 Å². The molecule has 0 aromatic carbocycles. The summed E-state index contributed by atoms with van der Waals surface area (Å²) in [5, 5.41) is 12.6. The third-order valence-electron chi connectivity index (χ3n) is 5.48. The number of aromatic nitrogens is 1. The van der Waals surface area contributed by atoms with Gasteiger partial charge in [0.05, 0.1) is 12.6 Å². The molecule has 0 saturated heterocycles. The van der Waals surface area contributed by atoms with Gasteiger partial charge in [-0.15, -0.1) is 0 Å². The van der Waals surface area contributed by atoms with Gasteiger partial charge in [0, 0.05) is 24.5 Å². The predicted molar refractivity (Wildman–Crippen MR) is 108 cm³/mol. The van der Waals surface area contributed by atoms with Crippen molar-refractivity contribution in [2.75, 3.05) is 13.7 Å². The second-order valence-electron chi connectivity index (χ2n) is 7.69. The van der Waals surface area contributed by atoms with E-state index in [0.29, 0.717) is 6.61 Å². The van der Waals surface area contributed by atoms with Crippen LogP contribution >= 0.6 is 0 Å². The van der Waals surface area contributed by atoms with Gasteiger partial charge in [-0.2, -0.15) is 5.26 Å². The van der Waals surface area contributed by atoms with E-state index in [-0.39, 0.29) is 23.6 Å². The van der Waals surface area contributed by atoms with Gasteiger partial charge < -0.3 is 14.6 Å². The molecule has 1 heterocycles. The van der Waals surface area contributed by atoms with Crippen molar-refractivity contribution in [1.82, 2.24) is 9.88 Å². The van der Waals surface area contributed by atoms with Crippen molar-refractivity contribution in [3.8, 4) is 6.07 Å². The number of rotatable bonds is 6. The van der Waals surface area contributed by atoms with Gasteiger partial charge in [-0.05, 0) is 51.3 Å². The zero-order valence-corrected chi connectivity index (χ0v) is 17.2. The lowest BCUT2D eigenvalue weighted by molar-refractivity contribution is -0.117. The Labute approximate surface area is 163 Å². The Kier molecular flexibility index (Phi) is 8.12. The van der Waals surface area contributed by atoms with Crippen LogP contribution in [0.3, 0.4) is 0 Å². The van der Waals surface area contributed by atoms with Gasteiger partial charge in [-0.1, -0.05) is 32.1 Å². The molecule has 1 fully saturated rings. The number of amides is 1. The van der Waals surface area contributed by atoms with E-state index >= 15 is 0 Å². The molecule has 5 heteroatoms.